The van der Waals surface area contributed by atoms with Crippen molar-refractivity contribution in [3.05, 3.63) is 89.0 Å². The summed E-state index contributed by atoms with van der Waals surface area (Å²) in [6.45, 7) is 5.67. The molecule has 1 unspecified atom stereocenters. The Morgan fingerprint density at radius 1 is 0.857 bits per heavy atom. The van der Waals surface area contributed by atoms with Crippen LogP contribution in [-0.4, -0.2) is 20.2 Å². The van der Waals surface area contributed by atoms with Gasteiger partial charge in [0.15, 0.2) is 0 Å². The van der Waals surface area contributed by atoms with E-state index < -0.39 is 10.0 Å². The average molecular weight is 492 g/mol. The Labute approximate surface area is 206 Å². The van der Waals surface area contributed by atoms with Gasteiger partial charge in [-0.2, -0.15) is 0 Å². The Bertz CT molecular complexity index is 1350. The minimum Gasteiger partial charge on any atom is -0.346 e. The molecule has 0 spiro atoms. The Morgan fingerprint density at radius 2 is 1.49 bits per heavy atom. The molecule has 3 aromatic carbocycles. The van der Waals surface area contributed by atoms with Gasteiger partial charge in [0.1, 0.15) is 0 Å². The zero-order valence-electron chi connectivity index (χ0n) is 20.0. The maximum Gasteiger partial charge on any atom is 0.261 e. The van der Waals surface area contributed by atoms with Crippen molar-refractivity contribution in [3.8, 4) is 0 Å². The van der Waals surface area contributed by atoms with Crippen molar-refractivity contribution in [1.82, 2.24) is 5.32 Å². The predicted molar refractivity (Wildman–Crippen MR) is 137 cm³/mol. The Hall–Kier alpha value is -3.65. The van der Waals surface area contributed by atoms with Gasteiger partial charge >= 0.3 is 0 Å². The molecular formula is C27H29N3O4S. The Balaban J connectivity index is 1.35. The van der Waals surface area contributed by atoms with Crippen molar-refractivity contribution in [2.45, 2.75) is 44.6 Å². The first kappa shape index (κ1) is 24.5. The summed E-state index contributed by atoms with van der Waals surface area (Å²) >= 11 is 0. The van der Waals surface area contributed by atoms with E-state index in [1.54, 1.807) is 42.5 Å². The number of amides is 2. The first-order chi connectivity index (χ1) is 16.6. The molecule has 0 aromatic heterocycles. The van der Waals surface area contributed by atoms with Gasteiger partial charge in [0.05, 0.1) is 10.9 Å². The average Bonchev–Trinajstić information content (AvgIpc) is 3.67. The number of benzene rings is 3. The van der Waals surface area contributed by atoms with Gasteiger partial charge < -0.3 is 10.6 Å². The highest BCUT2D eigenvalue weighted by Gasteiger charge is 2.29. The molecule has 1 aliphatic rings. The lowest BCUT2D eigenvalue weighted by Crippen LogP contribution is -2.26. The number of aryl methyl sites for hydroxylation is 2. The second-order valence-electron chi connectivity index (χ2n) is 9.01. The quantitative estimate of drug-likeness (QED) is 0.415. The molecule has 2 amide bonds. The zero-order valence-corrected chi connectivity index (χ0v) is 20.8. The van der Waals surface area contributed by atoms with Crippen LogP contribution in [0.4, 0.5) is 11.4 Å². The van der Waals surface area contributed by atoms with Gasteiger partial charge in [-0.15, -0.1) is 0 Å². The van der Waals surface area contributed by atoms with Crippen LogP contribution in [0.2, 0.25) is 0 Å². The second-order valence-corrected chi connectivity index (χ2v) is 10.7. The summed E-state index contributed by atoms with van der Waals surface area (Å²) in [6, 6.07) is 18.4. The molecule has 8 heteroatoms. The summed E-state index contributed by atoms with van der Waals surface area (Å²) in [5, 5.41) is 5.84. The third-order valence-electron chi connectivity index (χ3n) is 6.16. The van der Waals surface area contributed by atoms with Gasteiger partial charge in [-0.05, 0) is 98.8 Å². The molecule has 1 atom stereocenters. The van der Waals surface area contributed by atoms with E-state index in [1.807, 2.05) is 45.0 Å². The van der Waals surface area contributed by atoms with Crippen molar-refractivity contribution in [1.29, 1.82) is 0 Å². The molecule has 35 heavy (non-hydrogen) atoms. The van der Waals surface area contributed by atoms with Crippen LogP contribution in [0.5, 0.6) is 0 Å². The summed E-state index contributed by atoms with van der Waals surface area (Å²) in [5.74, 6) is -0.0765. The number of nitrogens with one attached hydrogen (secondary N) is 3. The van der Waals surface area contributed by atoms with Crippen LogP contribution in [0, 0.1) is 19.8 Å². The molecule has 1 aliphatic carbocycles. The minimum absolute atomic E-state index is 0.0545. The van der Waals surface area contributed by atoms with Gasteiger partial charge in [0.25, 0.3) is 15.9 Å². The van der Waals surface area contributed by atoms with E-state index >= 15 is 0 Å². The maximum absolute atomic E-state index is 12.7. The molecule has 0 radical (unpaired) electrons. The van der Waals surface area contributed by atoms with Crippen molar-refractivity contribution in [2.75, 3.05) is 10.0 Å². The lowest BCUT2D eigenvalue weighted by Gasteiger charge is -2.15. The van der Waals surface area contributed by atoms with Crippen molar-refractivity contribution >= 4 is 33.2 Å². The normalized spacial score (nSPS) is 14.1. The molecule has 4 rings (SSSR count). The topological polar surface area (TPSA) is 104 Å². The summed E-state index contributed by atoms with van der Waals surface area (Å²) in [6.07, 6.45) is 1.90. The molecule has 182 valence electrons. The number of carbonyl (C=O) groups is 2. The highest BCUT2D eigenvalue weighted by Crippen LogP contribution is 2.30. The summed E-state index contributed by atoms with van der Waals surface area (Å²) in [7, 11) is -3.73. The van der Waals surface area contributed by atoms with Crippen LogP contribution in [-0.2, 0) is 14.8 Å². The molecule has 0 bridgehead atoms. The molecule has 1 saturated carbocycles. The second kappa shape index (κ2) is 9.92. The fraction of sp³-hybridized carbons (Fsp3) is 0.259. The monoisotopic (exact) mass is 491 g/mol. The van der Waals surface area contributed by atoms with E-state index in [-0.39, 0.29) is 28.7 Å². The van der Waals surface area contributed by atoms with Crippen LogP contribution in [0.1, 0.15) is 52.9 Å². The fourth-order valence-electron chi connectivity index (χ4n) is 3.59. The molecule has 7 nitrogen and oxygen atoms in total. The van der Waals surface area contributed by atoms with Crippen LogP contribution < -0.4 is 15.4 Å². The van der Waals surface area contributed by atoms with Gasteiger partial charge in [0, 0.05) is 22.9 Å². The van der Waals surface area contributed by atoms with Crippen LogP contribution in [0.25, 0.3) is 0 Å². The summed E-state index contributed by atoms with van der Waals surface area (Å²) < 4.78 is 27.9. The van der Waals surface area contributed by atoms with Crippen molar-refractivity contribution in [2.24, 2.45) is 5.92 Å². The Morgan fingerprint density at radius 3 is 2.09 bits per heavy atom. The highest BCUT2D eigenvalue weighted by molar-refractivity contribution is 7.92. The van der Waals surface area contributed by atoms with Gasteiger partial charge in [-0.1, -0.05) is 18.2 Å². The minimum atomic E-state index is -3.73. The van der Waals surface area contributed by atoms with E-state index in [4.69, 9.17) is 0 Å². The number of anilines is 2. The standard InChI is InChI=1S/C27H29N3O4S/c1-17-4-15-25(16-18(17)2)35(33,34)30-24-13-9-22(10-14-24)26(31)28-19(3)20-7-11-23(12-8-20)29-27(32)21-5-6-21/h4,7-16,19,21,30H,5-6H2,1-3H3,(H,28,31)(H,29,32). The van der Waals surface area contributed by atoms with Crippen molar-refractivity contribution in [3.63, 3.8) is 0 Å². The van der Waals surface area contributed by atoms with E-state index in [1.165, 1.54) is 0 Å². The van der Waals surface area contributed by atoms with E-state index in [9.17, 15) is 18.0 Å². The third-order valence-corrected chi connectivity index (χ3v) is 7.54. The molecule has 3 aromatic rings. The summed E-state index contributed by atoms with van der Waals surface area (Å²) in [4.78, 5) is 24.8. The molecule has 0 aliphatic heterocycles. The lowest BCUT2D eigenvalue weighted by molar-refractivity contribution is -0.117. The number of hydrogen-bond donors (Lipinski definition) is 3. The molecule has 1 fully saturated rings. The number of rotatable bonds is 8. The van der Waals surface area contributed by atoms with Gasteiger partial charge in [0.2, 0.25) is 5.91 Å². The fourth-order valence-corrected chi connectivity index (χ4v) is 4.74. The Kier molecular flexibility index (Phi) is 6.93. The first-order valence-corrected chi connectivity index (χ1v) is 13.0. The number of sulfonamides is 1. The molecule has 3 N–H and O–H groups in total. The lowest BCUT2D eigenvalue weighted by atomic mass is 10.1. The smallest absolute Gasteiger partial charge is 0.261 e. The largest absolute Gasteiger partial charge is 0.346 e. The van der Waals surface area contributed by atoms with E-state index in [2.05, 4.69) is 15.4 Å². The van der Waals surface area contributed by atoms with E-state index in [0.29, 0.717) is 11.3 Å². The van der Waals surface area contributed by atoms with Crippen LogP contribution in [0.15, 0.2) is 71.6 Å². The first-order valence-electron chi connectivity index (χ1n) is 11.5. The SMILES string of the molecule is Cc1ccc(S(=O)(=O)Nc2ccc(C(=O)NC(C)c3ccc(NC(=O)C4CC4)cc3)cc2)cc1C. The van der Waals surface area contributed by atoms with Crippen LogP contribution >= 0.6 is 0 Å². The summed E-state index contributed by atoms with van der Waals surface area (Å²) in [5.41, 5.74) is 4.34. The van der Waals surface area contributed by atoms with Crippen molar-refractivity contribution < 1.29 is 18.0 Å². The zero-order chi connectivity index (χ0) is 25.2. The molecule has 0 saturated heterocycles. The maximum atomic E-state index is 12.7. The highest BCUT2D eigenvalue weighted by atomic mass is 32.2. The third kappa shape index (κ3) is 6.08. The number of carbonyl (C=O) groups excluding carboxylic acids is 2. The van der Waals surface area contributed by atoms with Crippen LogP contribution in [0.3, 0.4) is 0 Å². The number of hydrogen-bond acceptors (Lipinski definition) is 4. The molecular weight excluding hydrogens is 462 g/mol. The van der Waals surface area contributed by atoms with Gasteiger partial charge in [-0.3, -0.25) is 14.3 Å². The van der Waals surface area contributed by atoms with Gasteiger partial charge in [-0.25, -0.2) is 8.42 Å². The predicted octanol–water partition coefficient (Wildman–Crippen LogP) is 4.94. The van der Waals surface area contributed by atoms with E-state index in [0.717, 1.165) is 35.2 Å². The molecule has 0 heterocycles.